The molecule has 0 radical (unpaired) electrons. The fraction of sp³-hybridized carbons (Fsp3) is 0.909. The van der Waals surface area contributed by atoms with Gasteiger partial charge in [0.2, 0.25) is 0 Å². The third-order valence-corrected chi connectivity index (χ3v) is 3.15. The zero-order valence-corrected chi connectivity index (χ0v) is 10.1. The van der Waals surface area contributed by atoms with Crippen molar-refractivity contribution in [2.75, 3.05) is 26.7 Å². The van der Waals surface area contributed by atoms with Crippen LogP contribution in [0.15, 0.2) is 0 Å². The minimum atomic E-state index is -0.652. The summed E-state index contributed by atoms with van der Waals surface area (Å²) < 4.78 is 5.03. The summed E-state index contributed by atoms with van der Waals surface area (Å²) in [5, 5.41) is 9.91. The lowest BCUT2D eigenvalue weighted by molar-refractivity contribution is -0.141. The van der Waals surface area contributed by atoms with Crippen molar-refractivity contribution in [1.82, 2.24) is 4.90 Å². The minimum Gasteiger partial charge on any atom is -0.390 e. The maximum Gasteiger partial charge on any atom is 0.253 e. The minimum absolute atomic E-state index is 0.0669. The van der Waals surface area contributed by atoms with Gasteiger partial charge in [0.05, 0.1) is 5.60 Å². The number of likely N-dealkylation sites (tertiary alicyclic amines) is 1. The van der Waals surface area contributed by atoms with Crippen LogP contribution in [0.4, 0.5) is 0 Å². The van der Waals surface area contributed by atoms with Crippen LogP contribution in [0.5, 0.6) is 0 Å². The number of nitrogens with zero attached hydrogens (tertiary/aromatic N) is 1. The average Bonchev–Trinajstić information content (AvgIpc) is 2.41. The molecule has 1 rings (SSSR count). The quantitative estimate of drug-likeness (QED) is 0.699. The Kier molecular flexibility index (Phi) is 4.70. The molecule has 1 fully saturated rings. The second-order valence-electron chi connectivity index (χ2n) is 4.64. The summed E-state index contributed by atoms with van der Waals surface area (Å²) in [5.74, 6) is -0.0669. The average molecular weight is 230 g/mol. The predicted molar refractivity (Wildman–Crippen MR) is 60.9 cm³/mol. The smallest absolute Gasteiger partial charge is 0.253 e. The molecule has 0 spiro atoms. The molecular formula is C11H22N2O3. The Hall–Kier alpha value is -0.650. The first-order chi connectivity index (χ1) is 7.50. The summed E-state index contributed by atoms with van der Waals surface area (Å²) in [4.78, 5) is 13.7. The van der Waals surface area contributed by atoms with Crippen LogP contribution in [0.2, 0.25) is 0 Å². The van der Waals surface area contributed by atoms with Crippen molar-refractivity contribution in [3.8, 4) is 0 Å². The van der Waals surface area contributed by atoms with Crippen molar-refractivity contribution in [2.24, 2.45) is 5.73 Å². The number of hydrogen-bond acceptors (Lipinski definition) is 4. The molecule has 1 amide bonds. The van der Waals surface area contributed by atoms with Crippen LogP contribution in [0.25, 0.3) is 0 Å². The number of aliphatic hydroxyl groups is 1. The molecule has 0 aromatic rings. The van der Waals surface area contributed by atoms with Crippen LogP contribution >= 0.6 is 0 Å². The van der Waals surface area contributed by atoms with Gasteiger partial charge in [0.15, 0.2) is 0 Å². The van der Waals surface area contributed by atoms with E-state index in [1.54, 1.807) is 4.90 Å². The fourth-order valence-corrected chi connectivity index (χ4v) is 1.99. The van der Waals surface area contributed by atoms with Crippen LogP contribution < -0.4 is 5.73 Å². The number of methoxy groups -OCH3 is 1. The van der Waals surface area contributed by atoms with Gasteiger partial charge in [-0.3, -0.25) is 4.79 Å². The van der Waals surface area contributed by atoms with Crippen LogP contribution in [-0.4, -0.2) is 54.4 Å². The Morgan fingerprint density at radius 1 is 1.56 bits per heavy atom. The first-order valence-electron chi connectivity index (χ1n) is 5.74. The monoisotopic (exact) mass is 230 g/mol. The topological polar surface area (TPSA) is 75.8 Å². The number of carbonyl (C=O) groups excluding carboxylic acids is 1. The number of amides is 1. The molecule has 1 aliphatic rings. The summed E-state index contributed by atoms with van der Waals surface area (Å²) in [5.41, 5.74) is 4.81. The largest absolute Gasteiger partial charge is 0.390 e. The third-order valence-electron chi connectivity index (χ3n) is 3.15. The third kappa shape index (κ3) is 3.43. The van der Waals surface area contributed by atoms with Crippen LogP contribution in [0.1, 0.15) is 26.2 Å². The first kappa shape index (κ1) is 13.4. The van der Waals surface area contributed by atoms with E-state index in [-0.39, 0.29) is 12.5 Å². The van der Waals surface area contributed by atoms with E-state index in [0.717, 1.165) is 12.8 Å². The van der Waals surface area contributed by atoms with Gasteiger partial charge in [0, 0.05) is 26.7 Å². The van der Waals surface area contributed by atoms with Gasteiger partial charge in [-0.2, -0.15) is 0 Å². The van der Waals surface area contributed by atoms with E-state index in [2.05, 4.69) is 0 Å². The van der Waals surface area contributed by atoms with E-state index >= 15 is 0 Å². The van der Waals surface area contributed by atoms with Crippen LogP contribution in [-0.2, 0) is 9.53 Å². The number of rotatable bonds is 3. The Morgan fingerprint density at radius 2 is 2.25 bits per heavy atom. The summed E-state index contributed by atoms with van der Waals surface area (Å²) in [6, 6.07) is 0. The van der Waals surface area contributed by atoms with E-state index in [1.165, 1.54) is 7.11 Å². The lowest BCUT2D eigenvalue weighted by Crippen LogP contribution is -2.44. The highest BCUT2D eigenvalue weighted by Crippen LogP contribution is 2.21. The Morgan fingerprint density at radius 3 is 2.81 bits per heavy atom. The molecule has 16 heavy (non-hydrogen) atoms. The summed E-state index contributed by atoms with van der Waals surface area (Å²) >= 11 is 0. The lowest BCUT2D eigenvalue weighted by atomic mass is 9.98. The molecule has 0 aromatic carbocycles. The van der Waals surface area contributed by atoms with Crippen molar-refractivity contribution in [1.29, 1.82) is 0 Å². The van der Waals surface area contributed by atoms with E-state index in [1.807, 2.05) is 6.92 Å². The maximum absolute atomic E-state index is 12.0. The van der Waals surface area contributed by atoms with E-state index in [4.69, 9.17) is 10.5 Å². The highest BCUT2D eigenvalue weighted by molar-refractivity contribution is 5.81. The van der Waals surface area contributed by atoms with E-state index in [0.29, 0.717) is 19.5 Å². The first-order valence-corrected chi connectivity index (χ1v) is 5.74. The Balaban J connectivity index is 2.57. The molecule has 5 nitrogen and oxygen atoms in total. The van der Waals surface area contributed by atoms with Crippen molar-refractivity contribution in [2.45, 2.75) is 37.9 Å². The lowest BCUT2D eigenvalue weighted by Gasteiger charge is -2.25. The number of carbonyl (C=O) groups is 1. The Bertz CT molecular complexity index is 239. The van der Waals surface area contributed by atoms with Crippen LogP contribution in [0.3, 0.4) is 0 Å². The van der Waals surface area contributed by atoms with E-state index in [9.17, 15) is 9.90 Å². The molecule has 1 aliphatic heterocycles. The molecule has 0 aliphatic carbocycles. The van der Waals surface area contributed by atoms with Crippen molar-refractivity contribution < 1.29 is 14.6 Å². The molecular weight excluding hydrogens is 208 g/mol. The highest BCUT2D eigenvalue weighted by Gasteiger charge is 2.29. The second-order valence-corrected chi connectivity index (χ2v) is 4.64. The summed E-state index contributed by atoms with van der Waals surface area (Å²) in [6.07, 6.45) is 1.61. The van der Waals surface area contributed by atoms with Gasteiger partial charge in [0.25, 0.3) is 5.91 Å². The van der Waals surface area contributed by atoms with E-state index < -0.39 is 11.7 Å². The van der Waals surface area contributed by atoms with Gasteiger partial charge < -0.3 is 20.5 Å². The van der Waals surface area contributed by atoms with Gasteiger partial charge in [-0.05, 0) is 26.2 Å². The Labute approximate surface area is 96.6 Å². The molecule has 2 unspecified atom stereocenters. The zero-order chi connectivity index (χ0) is 12.2. The molecule has 94 valence electrons. The molecule has 5 heteroatoms. The number of nitrogens with two attached hydrogens (primary N) is 1. The summed E-state index contributed by atoms with van der Waals surface area (Å²) in [6.45, 7) is 3.26. The molecule has 1 heterocycles. The van der Waals surface area contributed by atoms with Crippen LogP contribution in [0, 0.1) is 0 Å². The standard InChI is InChI=1S/C11H22N2O3/c1-11(15)4-3-6-13(7-5-11)10(14)9(8-12)16-2/h9,15H,3-8,12H2,1-2H3. The van der Waals surface area contributed by atoms with Gasteiger partial charge in [-0.25, -0.2) is 0 Å². The van der Waals surface area contributed by atoms with Gasteiger partial charge in [-0.1, -0.05) is 0 Å². The van der Waals surface area contributed by atoms with Crippen molar-refractivity contribution >= 4 is 5.91 Å². The zero-order valence-electron chi connectivity index (χ0n) is 10.1. The number of hydrogen-bond donors (Lipinski definition) is 2. The van der Waals surface area contributed by atoms with Crippen molar-refractivity contribution in [3.05, 3.63) is 0 Å². The molecule has 3 N–H and O–H groups in total. The summed E-state index contributed by atoms with van der Waals surface area (Å²) in [7, 11) is 1.49. The number of ether oxygens (including phenoxy) is 1. The second kappa shape index (κ2) is 5.61. The molecule has 0 bridgehead atoms. The SMILES string of the molecule is COC(CN)C(=O)N1CCCC(C)(O)CC1. The van der Waals surface area contributed by atoms with Crippen molar-refractivity contribution in [3.63, 3.8) is 0 Å². The van der Waals surface area contributed by atoms with Gasteiger partial charge >= 0.3 is 0 Å². The highest BCUT2D eigenvalue weighted by atomic mass is 16.5. The normalized spacial score (nSPS) is 28.6. The molecule has 0 aromatic heterocycles. The maximum atomic E-state index is 12.0. The predicted octanol–water partition coefficient (Wildman–Crippen LogP) is -0.276. The molecule has 0 saturated carbocycles. The van der Waals surface area contributed by atoms with Gasteiger partial charge in [-0.15, -0.1) is 0 Å². The fourth-order valence-electron chi connectivity index (χ4n) is 1.99. The molecule has 1 saturated heterocycles. The molecule has 2 atom stereocenters. The van der Waals surface area contributed by atoms with Gasteiger partial charge in [0.1, 0.15) is 6.10 Å².